The first-order chi connectivity index (χ1) is 16.4. The summed E-state index contributed by atoms with van der Waals surface area (Å²) in [5.74, 6) is -1.14. The Morgan fingerprint density at radius 2 is 1.59 bits per heavy atom. The van der Waals surface area contributed by atoms with Crippen molar-refractivity contribution in [2.45, 2.75) is 13.0 Å². The minimum Gasteiger partial charge on any atom is -0.463 e. The van der Waals surface area contributed by atoms with E-state index in [1.807, 2.05) is 6.07 Å². The number of rotatable bonds is 7. The number of anilines is 1. The Bertz CT molecular complexity index is 1390. The van der Waals surface area contributed by atoms with E-state index in [1.165, 1.54) is 43.3 Å². The highest BCUT2D eigenvalue weighted by molar-refractivity contribution is 6.14. The lowest BCUT2D eigenvalue weighted by molar-refractivity contribution is -0.122. The van der Waals surface area contributed by atoms with E-state index >= 15 is 0 Å². The molecule has 0 unspecified atom stereocenters. The highest BCUT2D eigenvalue weighted by Crippen LogP contribution is 2.20. The molecule has 0 aliphatic rings. The van der Waals surface area contributed by atoms with Crippen LogP contribution >= 0.6 is 0 Å². The lowest BCUT2D eigenvalue weighted by Crippen LogP contribution is -2.32. The fraction of sp³-hybridized carbons (Fsp3) is 0.0769. The Morgan fingerprint density at radius 3 is 2.32 bits per heavy atom. The van der Waals surface area contributed by atoms with Crippen LogP contribution in [-0.4, -0.2) is 27.6 Å². The zero-order chi connectivity index (χ0) is 24.1. The average Bonchev–Trinajstić information content (AvgIpc) is 2.86. The van der Waals surface area contributed by atoms with Gasteiger partial charge >= 0.3 is 0 Å². The maximum Gasteiger partial charge on any atom is 0.271 e. The quantitative estimate of drug-likeness (QED) is 0.424. The monoisotopic (exact) mass is 457 g/mol. The van der Waals surface area contributed by atoms with Gasteiger partial charge in [0.25, 0.3) is 11.5 Å². The van der Waals surface area contributed by atoms with Crippen molar-refractivity contribution >= 4 is 17.4 Å². The molecule has 8 heteroatoms. The smallest absolute Gasteiger partial charge is 0.271 e. The van der Waals surface area contributed by atoms with Gasteiger partial charge in [0.15, 0.2) is 11.9 Å². The van der Waals surface area contributed by atoms with Crippen LogP contribution in [0.1, 0.15) is 22.8 Å². The van der Waals surface area contributed by atoms with E-state index < -0.39 is 23.4 Å². The Kier molecular flexibility index (Phi) is 6.59. The van der Waals surface area contributed by atoms with Gasteiger partial charge in [0, 0.05) is 23.3 Å². The van der Waals surface area contributed by atoms with E-state index in [4.69, 9.17) is 4.74 Å². The van der Waals surface area contributed by atoms with Crippen LogP contribution in [0.4, 0.5) is 10.1 Å². The molecule has 0 saturated heterocycles. The molecule has 1 N–H and O–H groups in total. The summed E-state index contributed by atoms with van der Waals surface area (Å²) in [7, 11) is 0. The normalized spacial score (nSPS) is 11.5. The first-order valence-corrected chi connectivity index (χ1v) is 10.4. The third-order valence-electron chi connectivity index (χ3n) is 4.98. The molecule has 7 nitrogen and oxygen atoms in total. The van der Waals surface area contributed by atoms with Gasteiger partial charge in [0.2, 0.25) is 5.88 Å². The van der Waals surface area contributed by atoms with E-state index in [2.05, 4.69) is 10.4 Å². The zero-order valence-corrected chi connectivity index (χ0v) is 18.1. The molecule has 170 valence electrons. The van der Waals surface area contributed by atoms with Gasteiger partial charge in [0.1, 0.15) is 5.82 Å². The van der Waals surface area contributed by atoms with Crippen molar-refractivity contribution in [3.63, 3.8) is 0 Å². The maximum atomic E-state index is 13.2. The molecule has 0 fully saturated rings. The molecule has 4 rings (SSSR count). The van der Waals surface area contributed by atoms with Gasteiger partial charge in [-0.15, -0.1) is 5.10 Å². The molecule has 0 aliphatic carbocycles. The average molecular weight is 457 g/mol. The van der Waals surface area contributed by atoms with Crippen molar-refractivity contribution in [3.8, 4) is 11.6 Å². The summed E-state index contributed by atoms with van der Waals surface area (Å²) in [5.41, 5.74) is 1.10. The zero-order valence-electron chi connectivity index (χ0n) is 18.1. The third kappa shape index (κ3) is 5.07. The number of halogens is 1. The highest BCUT2D eigenvalue weighted by Gasteiger charge is 2.20. The fourth-order valence-electron chi connectivity index (χ4n) is 3.23. The van der Waals surface area contributed by atoms with Crippen molar-refractivity contribution in [2.75, 3.05) is 5.32 Å². The summed E-state index contributed by atoms with van der Waals surface area (Å²) >= 11 is 0. The Hall–Kier alpha value is -4.59. The van der Waals surface area contributed by atoms with Gasteiger partial charge < -0.3 is 10.1 Å². The number of ketones is 1. The number of carbonyl (C=O) groups is 2. The molecule has 0 aliphatic heterocycles. The van der Waals surface area contributed by atoms with Gasteiger partial charge in [0.05, 0.1) is 11.4 Å². The first kappa shape index (κ1) is 22.6. The summed E-state index contributed by atoms with van der Waals surface area (Å²) < 4.78 is 19.9. The summed E-state index contributed by atoms with van der Waals surface area (Å²) in [4.78, 5) is 37.9. The number of amides is 1. The van der Waals surface area contributed by atoms with Crippen molar-refractivity contribution in [3.05, 3.63) is 118 Å². The topological polar surface area (TPSA) is 90.3 Å². The number of nitrogens with zero attached hydrogens (tertiary/aromatic N) is 2. The van der Waals surface area contributed by atoms with Crippen molar-refractivity contribution in [2.24, 2.45) is 0 Å². The van der Waals surface area contributed by atoms with Crippen molar-refractivity contribution in [1.29, 1.82) is 0 Å². The van der Waals surface area contributed by atoms with E-state index in [0.29, 0.717) is 22.5 Å². The van der Waals surface area contributed by atoms with Gasteiger partial charge in [-0.25, -0.2) is 4.39 Å². The molecule has 0 saturated carbocycles. The predicted octanol–water partition coefficient (Wildman–Crippen LogP) is 4.01. The molecular formula is C26H20FN3O4. The molecule has 0 radical (unpaired) electrons. The van der Waals surface area contributed by atoms with E-state index in [9.17, 15) is 18.8 Å². The van der Waals surface area contributed by atoms with Crippen LogP contribution < -0.4 is 15.6 Å². The minimum atomic E-state index is -0.994. The van der Waals surface area contributed by atoms with Gasteiger partial charge in [-0.2, -0.15) is 4.68 Å². The highest BCUT2D eigenvalue weighted by atomic mass is 19.1. The van der Waals surface area contributed by atoms with E-state index in [0.717, 1.165) is 4.68 Å². The molecule has 0 spiro atoms. The molecular weight excluding hydrogens is 437 g/mol. The molecule has 1 atom stereocenters. The number of aromatic nitrogens is 2. The number of para-hydroxylation sites is 1. The Morgan fingerprint density at radius 1 is 0.912 bits per heavy atom. The van der Waals surface area contributed by atoms with Crippen LogP contribution in [0.2, 0.25) is 0 Å². The second-order valence-corrected chi connectivity index (χ2v) is 7.39. The molecule has 3 aromatic carbocycles. The largest absolute Gasteiger partial charge is 0.463 e. The predicted molar refractivity (Wildman–Crippen MR) is 125 cm³/mol. The second-order valence-electron chi connectivity index (χ2n) is 7.39. The summed E-state index contributed by atoms with van der Waals surface area (Å²) in [5, 5.41) is 6.83. The first-order valence-electron chi connectivity index (χ1n) is 10.4. The number of nitrogens with one attached hydrogen (secondary N) is 1. The van der Waals surface area contributed by atoms with Gasteiger partial charge in [-0.1, -0.05) is 42.5 Å². The number of hydrogen-bond donors (Lipinski definition) is 1. The van der Waals surface area contributed by atoms with Crippen LogP contribution in [0.25, 0.3) is 5.69 Å². The molecule has 1 heterocycles. The van der Waals surface area contributed by atoms with Crippen LogP contribution in [0.15, 0.2) is 95.8 Å². The molecule has 1 amide bonds. The third-order valence-corrected chi connectivity index (χ3v) is 4.98. The number of ether oxygens (including phenoxy) is 1. The standard InChI is InChI=1S/C26H20FN3O4/c1-17(34-23-15-16-24(31)30(29-23)20-13-11-19(27)12-14-20)26(33)28-22-10-6-5-9-21(22)25(32)18-7-3-2-4-8-18/h2-17H,1H3,(H,28,33)/t17-/m1/s1. The fourth-order valence-corrected chi connectivity index (χ4v) is 3.23. The molecule has 0 bridgehead atoms. The van der Waals surface area contributed by atoms with Crippen molar-refractivity contribution < 1.29 is 18.7 Å². The number of carbonyl (C=O) groups excluding carboxylic acids is 2. The Balaban J connectivity index is 1.51. The van der Waals surface area contributed by atoms with Crippen LogP contribution in [0, 0.1) is 5.82 Å². The van der Waals surface area contributed by atoms with E-state index in [1.54, 1.807) is 48.5 Å². The van der Waals surface area contributed by atoms with Crippen LogP contribution in [0.3, 0.4) is 0 Å². The Labute approximate surface area is 194 Å². The molecule has 34 heavy (non-hydrogen) atoms. The van der Waals surface area contributed by atoms with Crippen LogP contribution in [-0.2, 0) is 4.79 Å². The maximum absolute atomic E-state index is 13.2. The number of benzene rings is 3. The summed E-state index contributed by atoms with van der Waals surface area (Å²) in [6, 6.07) is 23.3. The lowest BCUT2D eigenvalue weighted by Gasteiger charge is -2.16. The van der Waals surface area contributed by atoms with E-state index in [-0.39, 0.29) is 11.7 Å². The van der Waals surface area contributed by atoms with Crippen molar-refractivity contribution in [1.82, 2.24) is 9.78 Å². The minimum absolute atomic E-state index is 0.0280. The summed E-state index contributed by atoms with van der Waals surface area (Å²) in [6.45, 7) is 1.52. The van der Waals surface area contributed by atoms with Gasteiger partial charge in [-0.3, -0.25) is 14.4 Å². The van der Waals surface area contributed by atoms with Crippen LogP contribution in [0.5, 0.6) is 5.88 Å². The molecule has 4 aromatic rings. The lowest BCUT2D eigenvalue weighted by atomic mass is 10.0. The molecule has 1 aromatic heterocycles. The second kappa shape index (κ2) is 9.91. The van der Waals surface area contributed by atoms with Gasteiger partial charge in [-0.05, 0) is 43.3 Å². The summed E-state index contributed by atoms with van der Waals surface area (Å²) in [6.07, 6.45) is -0.994. The SMILES string of the molecule is C[C@@H](Oc1ccc(=O)n(-c2ccc(F)cc2)n1)C(=O)Nc1ccccc1C(=O)c1ccccc1. The number of hydrogen-bond acceptors (Lipinski definition) is 5.